The summed E-state index contributed by atoms with van der Waals surface area (Å²) in [6.45, 7) is 0.160. The summed E-state index contributed by atoms with van der Waals surface area (Å²) in [5, 5.41) is -1.88. The van der Waals surface area contributed by atoms with E-state index in [1.807, 2.05) is 0 Å². The Morgan fingerprint density at radius 3 is 1.77 bits per heavy atom. The summed E-state index contributed by atoms with van der Waals surface area (Å²) in [6.07, 6.45) is -18.9. The second-order valence-corrected chi connectivity index (χ2v) is 5.94. The average Bonchev–Trinajstić information content (AvgIpc) is 2.47. The van der Waals surface area contributed by atoms with Gasteiger partial charge in [-0.25, -0.2) is 8.78 Å². The minimum Gasteiger partial charge on any atom is -0.358 e. The van der Waals surface area contributed by atoms with Crippen molar-refractivity contribution in [1.29, 1.82) is 0 Å². The molecule has 0 aliphatic rings. The molecule has 0 amide bonds. The van der Waals surface area contributed by atoms with Crippen molar-refractivity contribution in [3.63, 3.8) is 0 Å². The lowest BCUT2D eigenvalue weighted by Crippen LogP contribution is -2.62. The summed E-state index contributed by atoms with van der Waals surface area (Å²) in [5.41, 5.74) is 0. The predicted octanol–water partition coefficient (Wildman–Crippen LogP) is 5.99. The molecule has 0 aromatic rings. The van der Waals surface area contributed by atoms with E-state index in [4.69, 9.17) is 0 Å². The van der Waals surface area contributed by atoms with Crippen LogP contribution in [0.15, 0.2) is 0 Å². The zero-order valence-corrected chi connectivity index (χ0v) is 14.5. The summed E-state index contributed by atoms with van der Waals surface area (Å²) in [7, 11) is 0. The molecule has 2 atom stereocenters. The van der Waals surface area contributed by atoms with Crippen molar-refractivity contribution in [3.05, 3.63) is 0 Å². The monoisotopic (exact) mass is 478 g/mol. The highest BCUT2D eigenvalue weighted by Gasteiger charge is 2.83. The van der Waals surface area contributed by atoms with Crippen molar-refractivity contribution >= 4 is 15.9 Å². The van der Waals surface area contributed by atoms with Gasteiger partial charge in [-0.3, -0.25) is 0 Å². The van der Waals surface area contributed by atoms with Gasteiger partial charge in [0.25, 0.3) is 6.43 Å². The zero-order valence-electron chi connectivity index (χ0n) is 12.9. The lowest BCUT2D eigenvalue weighted by molar-refractivity contribution is -0.451. The van der Waals surface area contributed by atoms with E-state index in [-0.39, 0.29) is 12.8 Å². The summed E-state index contributed by atoms with van der Waals surface area (Å²) < 4.78 is 147. The van der Waals surface area contributed by atoms with E-state index < -0.39 is 54.7 Å². The molecule has 0 saturated heterocycles. The smallest absolute Gasteiger partial charge is 0.358 e. The third kappa shape index (κ3) is 6.08. The van der Waals surface area contributed by atoms with Crippen molar-refractivity contribution < 1.29 is 57.8 Å². The van der Waals surface area contributed by atoms with E-state index in [1.54, 1.807) is 0 Å². The maximum Gasteiger partial charge on any atom is 0.460 e. The molecule has 0 saturated carbocycles. The van der Waals surface area contributed by atoms with Crippen LogP contribution in [0.4, 0.5) is 48.3 Å². The molecular formula is C12H14BrF11O2. The van der Waals surface area contributed by atoms with Crippen LogP contribution in [-0.4, -0.2) is 48.3 Å². The van der Waals surface area contributed by atoms with Gasteiger partial charge in [-0.2, -0.15) is 39.5 Å². The molecule has 0 aliphatic carbocycles. The van der Waals surface area contributed by atoms with Crippen LogP contribution in [0.25, 0.3) is 0 Å². The van der Waals surface area contributed by atoms with Gasteiger partial charge in [0, 0.05) is 0 Å². The van der Waals surface area contributed by atoms with Crippen LogP contribution in [0.3, 0.4) is 0 Å². The normalized spacial score (nSPS) is 16.8. The molecule has 158 valence electrons. The molecule has 0 radical (unpaired) electrons. The number of rotatable bonds is 11. The molecule has 0 rings (SSSR count). The SMILES string of the molecule is CCCCC(OC(F)(F)C(F)(F)C(F)(F)C(F)(F)F)C(Br)OCC(F)F. The van der Waals surface area contributed by atoms with E-state index in [1.165, 1.54) is 6.92 Å². The molecule has 2 unspecified atom stereocenters. The second kappa shape index (κ2) is 9.22. The first kappa shape index (κ1) is 25.6. The number of hydrogen-bond acceptors (Lipinski definition) is 2. The van der Waals surface area contributed by atoms with E-state index in [9.17, 15) is 48.3 Å². The van der Waals surface area contributed by atoms with Crippen molar-refractivity contribution in [3.8, 4) is 0 Å². The van der Waals surface area contributed by atoms with Crippen LogP contribution in [0.1, 0.15) is 26.2 Å². The maximum absolute atomic E-state index is 13.5. The lowest BCUT2D eigenvalue weighted by atomic mass is 10.1. The molecule has 2 nitrogen and oxygen atoms in total. The Labute approximate surface area is 149 Å². The Bertz CT molecular complexity index is 428. The van der Waals surface area contributed by atoms with Crippen LogP contribution in [0.2, 0.25) is 0 Å². The van der Waals surface area contributed by atoms with Gasteiger partial charge in [-0.1, -0.05) is 35.7 Å². The molecule has 26 heavy (non-hydrogen) atoms. The number of ether oxygens (including phenoxy) is 2. The van der Waals surface area contributed by atoms with Crippen LogP contribution in [-0.2, 0) is 9.47 Å². The largest absolute Gasteiger partial charge is 0.460 e. The highest BCUT2D eigenvalue weighted by atomic mass is 79.9. The third-order valence-corrected chi connectivity index (χ3v) is 3.79. The Morgan fingerprint density at radius 1 is 0.885 bits per heavy atom. The Balaban J connectivity index is 5.49. The predicted molar refractivity (Wildman–Crippen MR) is 70.0 cm³/mol. The molecule has 0 aromatic carbocycles. The molecule has 14 heteroatoms. The fraction of sp³-hybridized carbons (Fsp3) is 1.00. The third-order valence-electron chi connectivity index (χ3n) is 2.93. The van der Waals surface area contributed by atoms with Crippen LogP contribution < -0.4 is 0 Å². The quantitative estimate of drug-likeness (QED) is 0.268. The standard InChI is InChI=1S/C12H14BrF11O2/c1-2-3-4-6(8(13)25-5-7(14)15)26-12(23,24)10(18,19)9(16,17)11(20,21)22/h6-8H,2-5H2,1H3. The van der Waals surface area contributed by atoms with Gasteiger partial charge in [0.05, 0.1) is 0 Å². The van der Waals surface area contributed by atoms with Crippen molar-refractivity contribution in [2.75, 3.05) is 6.61 Å². The minimum absolute atomic E-state index is 0.0257. The molecule has 0 heterocycles. The highest BCUT2D eigenvalue weighted by molar-refractivity contribution is 9.09. The molecule has 0 N–H and O–H groups in total. The highest BCUT2D eigenvalue weighted by Crippen LogP contribution is 2.54. The lowest BCUT2D eigenvalue weighted by Gasteiger charge is -2.35. The van der Waals surface area contributed by atoms with Gasteiger partial charge >= 0.3 is 24.1 Å². The Morgan fingerprint density at radius 2 is 1.38 bits per heavy atom. The first-order valence-electron chi connectivity index (χ1n) is 6.93. The maximum atomic E-state index is 13.5. The molecule has 0 fully saturated rings. The summed E-state index contributed by atoms with van der Waals surface area (Å²) in [5.74, 6) is -14.1. The molecule has 0 aliphatic heterocycles. The van der Waals surface area contributed by atoms with Crippen molar-refractivity contribution in [2.45, 2.75) is 67.9 Å². The van der Waals surface area contributed by atoms with Gasteiger partial charge in [-0.05, 0) is 6.42 Å². The van der Waals surface area contributed by atoms with Crippen LogP contribution >= 0.6 is 15.9 Å². The molecule has 0 aromatic heterocycles. The van der Waals surface area contributed by atoms with Crippen molar-refractivity contribution in [1.82, 2.24) is 0 Å². The Kier molecular flexibility index (Phi) is 9.08. The Hall–Kier alpha value is -0.370. The van der Waals surface area contributed by atoms with Gasteiger partial charge < -0.3 is 9.47 Å². The van der Waals surface area contributed by atoms with E-state index in [2.05, 4.69) is 25.4 Å². The van der Waals surface area contributed by atoms with Gasteiger partial charge in [0.15, 0.2) is 0 Å². The van der Waals surface area contributed by atoms with Gasteiger partial charge in [-0.15, -0.1) is 0 Å². The number of alkyl halides is 12. The first-order chi connectivity index (χ1) is 11.5. The summed E-state index contributed by atoms with van der Waals surface area (Å²) in [6, 6.07) is 0. The number of hydrogen-bond donors (Lipinski definition) is 0. The molecular weight excluding hydrogens is 465 g/mol. The average molecular weight is 479 g/mol. The van der Waals surface area contributed by atoms with Crippen molar-refractivity contribution in [2.24, 2.45) is 0 Å². The summed E-state index contributed by atoms with van der Waals surface area (Å²) >= 11 is 2.44. The first-order valence-corrected chi connectivity index (χ1v) is 7.84. The van der Waals surface area contributed by atoms with Gasteiger partial charge in [0.1, 0.15) is 17.7 Å². The molecule has 0 spiro atoms. The zero-order chi connectivity index (χ0) is 21.0. The van der Waals surface area contributed by atoms with Crippen LogP contribution in [0.5, 0.6) is 0 Å². The molecule has 0 bridgehead atoms. The van der Waals surface area contributed by atoms with E-state index >= 15 is 0 Å². The fourth-order valence-electron chi connectivity index (χ4n) is 1.55. The number of unbranched alkanes of at least 4 members (excludes halogenated alkanes) is 1. The topological polar surface area (TPSA) is 18.5 Å². The van der Waals surface area contributed by atoms with Gasteiger partial charge in [0.2, 0.25) is 0 Å². The summed E-state index contributed by atoms with van der Waals surface area (Å²) in [4.78, 5) is 0. The van der Waals surface area contributed by atoms with Crippen LogP contribution in [0, 0.1) is 0 Å². The second-order valence-electron chi connectivity index (χ2n) is 5.04. The minimum atomic E-state index is -7.11. The number of halogens is 12. The van der Waals surface area contributed by atoms with E-state index in [0.717, 1.165) is 0 Å². The fourth-order valence-corrected chi connectivity index (χ4v) is 2.07. The van der Waals surface area contributed by atoms with E-state index in [0.29, 0.717) is 0 Å².